The first-order chi connectivity index (χ1) is 11.5. The molecule has 1 heterocycles. The number of nitrogens with zero attached hydrogens (tertiary/aromatic N) is 2. The number of halogens is 2. The summed E-state index contributed by atoms with van der Waals surface area (Å²) in [4.78, 5) is 16.3. The van der Waals surface area contributed by atoms with Gasteiger partial charge in [-0.25, -0.2) is 10.5 Å². The highest BCUT2D eigenvalue weighted by atomic mass is 79.9. The van der Waals surface area contributed by atoms with Crippen molar-refractivity contribution < 1.29 is 10.0 Å². The second kappa shape index (κ2) is 6.76. The van der Waals surface area contributed by atoms with Crippen LogP contribution in [0.25, 0.3) is 17.1 Å². The Morgan fingerprint density at radius 1 is 1.17 bits per heavy atom. The highest BCUT2D eigenvalue weighted by Crippen LogP contribution is 2.28. The van der Waals surface area contributed by atoms with Crippen molar-refractivity contribution >= 4 is 33.4 Å². The van der Waals surface area contributed by atoms with Crippen molar-refractivity contribution in [2.45, 2.75) is 6.92 Å². The summed E-state index contributed by atoms with van der Waals surface area (Å²) in [6.45, 7) is 1.77. The number of amides is 1. The van der Waals surface area contributed by atoms with E-state index >= 15 is 0 Å². The molecule has 0 bridgehead atoms. The van der Waals surface area contributed by atoms with Crippen LogP contribution in [-0.4, -0.2) is 20.7 Å². The molecule has 0 radical (unpaired) electrons. The first kappa shape index (κ1) is 16.7. The molecule has 5 nitrogen and oxygen atoms in total. The summed E-state index contributed by atoms with van der Waals surface area (Å²) in [6, 6.07) is 14.8. The predicted molar refractivity (Wildman–Crippen MR) is 95.7 cm³/mol. The first-order valence-electron chi connectivity index (χ1n) is 7.07. The van der Waals surface area contributed by atoms with Gasteiger partial charge in [-0.15, -0.1) is 0 Å². The SMILES string of the molecule is Cc1c(C(=O)NO)nc(-c2ccc(Br)cc2)n1-c1ccc(Cl)cc1. The van der Waals surface area contributed by atoms with Crippen LogP contribution in [-0.2, 0) is 0 Å². The molecule has 24 heavy (non-hydrogen) atoms. The summed E-state index contributed by atoms with van der Waals surface area (Å²) in [5.74, 6) is -0.0560. The molecule has 3 rings (SSSR count). The maximum Gasteiger partial charge on any atom is 0.295 e. The van der Waals surface area contributed by atoms with Crippen LogP contribution in [0.2, 0.25) is 5.02 Å². The lowest BCUT2D eigenvalue weighted by Crippen LogP contribution is -2.20. The third kappa shape index (κ3) is 3.08. The van der Waals surface area contributed by atoms with Gasteiger partial charge in [-0.1, -0.05) is 39.7 Å². The Morgan fingerprint density at radius 2 is 1.79 bits per heavy atom. The quantitative estimate of drug-likeness (QED) is 0.501. The molecule has 0 spiro atoms. The van der Waals surface area contributed by atoms with Crippen LogP contribution in [0.1, 0.15) is 16.2 Å². The molecule has 0 saturated heterocycles. The minimum absolute atomic E-state index is 0.158. The fourth-order valence-corrected chi connectivity index (χ4v) is 2.86. The molecule has 0 aliphatic carbocycles. The average molecular weight is 407 g/mol. The van der Waals surface area contributed by atoms with Gasteiger partial charge in [-0.2, -0.15) is 0 Å². The Balaban J connectivity index is 2.24. The molecule has 0 atom stereocenters. The van der Waals surface area contributed by atoms with Crippen molar-refractivity contribution in [1.82, 2.24) is 15.0 Å². The number of nitrogens with one attached hydrogen (secondary N) is 1. The van der Waals surface area contributed by atoms with Gasteiger partial charge in [0.05, 0.1) is 5.69 Å². The highest BCUT2D eigenvalue weighted by Gasteiger charge is 2.21. The Morgan fingerprint density at radius 3 is 2.38 bits per heavy atom. The van der Waals surface area contributed by atoms with Crippen molar-refractivity contribution in [3.05, 3.63) is 69.4 Å². The van der Waals surface area contributed by atoms with E-state index in [1.165, 1.54) is 0 Å². The molecular formula is C17H13BrClN3O2. The van der Waals surface area contributed by atoms with Crippen molar-refractivity contribution in [1.29, 1.82) is 0 Å². The van der Waals surface area contributed by atoms with Crippen molar-refractivity contribution in [3.63, 3.8) is 0 Å². The highest BCUT2D eigenvalue weighted by molar-refractivity contribution is 9.10. The fourth-order valence-electron chi connectivity index (χ4n) is 2.47. The lowest BCUT2D eigenvalue weighted by atomic mass is 10.2. The monoisotopic (exact) mass is 405 g/mol. The van der Waals surface area contributed by atoms with Gasteiger partial charge in [0, 0.05) is 20.7 Å². The Hall–Kier alpha value is -2.15. The van der Waals surface area contributed by atoms with Crippen molar-refractivity contribution in [3.8, 4) is 17.1 Å². The average Bonchev–Trinajstić information content (AvgIpc) is 2.93. The number of aromatic nitrogens is 2. The maximum atomic E-state index is 11.9. The summed E-state index contributed by atoms with van der Waals surface area (Å²) in [5.41, 5.74) is 4.07. The number of rotatable bonds is 3. The predicted octanol–water partition coefficient (Wildman–Crippen LogP) is 4.38. The minimum Gasteiger partial charge on any atom is -0.296 e. The number of hydrogen-bond donors (Lipinski definition) is 2. The van der Waals surface area contributed by atoms with Crippen molar-refractivity contribution in [2.75, 3.05) is 0 Å². The lowest BCUT2D eigenvalue weighted by Gasteiger charge is -2.10. The normalized spacial score (nSPS) is 10.7. The van der Waals surface area contributed by atoms with Crippen LogP contribution >= 0.6 is 27.5 Å². The molecule has 2 N–H and O–H groups in total. The molecule has 0 fully saturated rings. The summed E-state index contributed by atoms with van der Waals surface area (Å²) < 4.78 is 2.80. The van der Waals surface area contributed by atoms with Crippen LogP contribution in [0.5, 0.6) is 0 Å². The summed E-state index contributed by atoms with van der Waals surface area (Å²) in [7, 11) is 0. The zero-order chi connectivity index (χ0) is 17.3. The minimum atomic E-state index is -0.654. The van der Waals surface area contributed by atoms with Crippen LogP contribution in [0.15, 0.2) is 53.0 Å². The van der Waals surface area contributed by atoms with Gasteiger partial charge >= 0.3 is 0 Å². The molecule has 0 aliphatic heterocycles. The second-order valence-corrected chi connectivity index (χ2v) is 6.48. The van der Waals surface area contributed by atoms with Crippen molar-refractivity contribution in [2.24, 2.45) is 0 Å². The lowest BCUT2D eigenvalue weighted by molar-refractivity contribution is 0.0700. The van der Waals surface area contributed by atoms with Gasteiger partial charge in [-0.05, 0) is 43.3 Å². The number of benzene rings is 2. The van der Waals surface area contributed by atoms with Gasteiger partial charge in [0.15, 0.2) is 5.69 Å². The van der Waals surface area contributed by atoms with Gasteiger partial charge in [0.25, 0.3) is 5.91 Å². The fraction of sp³-hybridized carbons (Fsp3) is 0.0588. The summed E-state index contributed by atoms with van der Waals surface area (Å²) >= 11 is 9.37. The summed E-state index contributed by atoms with van der Waals surface area (Å²) in [6.07, 6.45) is 0. The van der Waals surface area contributed by atoms with E-state index in [2.05, 4.69) is 20.9 Å². The second-order valence-electron chi connectivity index (χ2n) is 5.13. The Labute approximate surface area is 152 Å². The number of carbonyl (C=O) groups excluding carboxylic acids is 1. The van der Waals surface area contributed by atoms with Gasteiger partial charge in [0.2, 0.25) is 0 Å². The Bertz CT molecular complexity index is 889. The number of carbonyl (C=O) groups is 1. The number of hydrogen-bond acceptors (Lipinski definition) is 3. The molecule has 2 aromatic carbocycles. The van der Waals surface area contributed by atoms with E-state index in [-0.39, 0.29) is 5.69 Å². The molecular weight excluding hydrogens is 394 g/mol. The van der Waals surface area contributed by atoms with Gasteiger partial charge in [0.1, 0.15) is 5.82 Å². The molecule has 0 unspecified atom stereocenters. The number of hydroxylamine groups is 1. The van der Waals surface area contributed by atoms with E-state index in [9.17, 15) is 4.79 Å². The van der Waals surface area contributed by atoms with Crippen LogP contribution < -0.4 is 5.48 Å². The largest absolute Gasteiger partial charge is 0.296 e. The van der Waals surface area contributed by atoms with E-state index in [0.29, 0.717) is 16.5 Å². The van der Waals surface area contributed by atoms with Gasteiger partial charge in [-0.3, -0.25) is 14.6 Å². The molecule has 0 aliphatic rings. The third-order valence-electron chi connectivity index (χ3n) is 3.61. The molecule has 122 valence electrons. The van der Waals surface area contributed by atoms with Crippen LogP contribution in [0.4, 0.5) is 0 Å². The summed E-state index contributed by atoms with van der Waals surface area (Å²) in [5, 5.41) is 9.57. The Kier molecular flexibility index (Phi) is 4.71. The maximum absolute atomic E-state index is 11.9. The molecule has 3 aromatic rings. The van der Waals surface area contributed by atoms with Crippen LogP contribution in [0.3, 0.4) is 0 Å². The number of imidazole rings is 1. The van der Waals surface area contributed by atoms with E-state index in [0.717, 1.165) is 15.7 Å². The molecule has 1 amide bonds. The molecule has 1 aromatic heterocycles. The molecule has 0 saturated carbocycles. The van der Waals surface area contributed by atoms with E-state index in [1.807, 2.05) is 41.0 Å². The van der Waals surface area contributed by atoms with E-state index in [4.69, 9.17) is 16.8 Å². The standard InChI is InChI=1S/C17H13BrClN3O2/c1-10-15(17(23)21-24)20-16(11-2-4-12(18)5-3-11)22(10)14-8-6-13(19)7-9-14/h2-9,24H,1H3,(H,21,23). The zero-order valence-electron chi connectivity index (χ0n) is 12.6. The van der Waals surface area contributed by atoms with Gasteiger partial charge < -0.3 is 0 Å². The smallest absolute Gasteiger partial charge is 0.295 e. The van der Waals surface area contributed by atoms with E-state index < -0.39 is 5.91 Å². The topological polar surface area (TPSA) is 67.2 Å². The third-order valence-corrected chi connectivity index (χ3v) is 4.39. The first-order valence-corrected chi connectivity index (χ1v) is 8.24. The zero-order valence-corrected chi connectivity index (χ0v) is 15.0. The van der Waals surface area contributed by atoms with E-state index in [1.54, 1.807) is 24.5 Å². The van der Waals surface area contributed by atoms with Crippen LogP contribution in [0, 0.1) is 6.92 Å². The molecule has 7 heteroatoms.